The zero-order valence-electron chi connectivity index (χ0n) is 16.5. The normalized spacial score (nSPS) is 17.5. The largest absolute Gasteiger partial charge is 0.508 e. The number of rotatable bonds is 4. The second kappa shape index (κ2) is 7.82. The zero-order valence-corrected chi connectivity index (χ0v) is 16.5. The molecule has 0 spiro atoms. The number of fused-ring (bicyclic) bond motifs is 1. The van der Waals surface area contributed by atoms with E-state index in [1.807, 2.05) is 0 Å². The second-order valence-electron chi connectivity index (χ2n) is 7.56. The van der Waals surface area contributed by atoms with E-state index in [1.54, 1.807) is 0 Å². The van der Waals surface area contributed by atoms with Crippen LogP contribution in [0.15, 0.2) is 36.4 Å². The molecule has 0 radical (unpaired) electrons. The summed E-state index contributed by atoms with van der Waals surface area (Å²) < 4.78 is 5.97. The van der Waals surface area contributed by atoms with Gasteiger partial charge >= 0.3 is 0 Å². The summed E-state index contributed by atoms with van der Waals surface area (Å²) in [5.74, 6) is -3.60. The van der Waals surface area contributed by atoms with Gasteiger partial charge in [0.2, 0.25) is 0 Å². The molecule has 0 fully saturated rings. The van der Waals surface area contributed by atoms with Gasteiger partial charge in [0.05, 0.1) is 6.04 Å². The van der Waals surface area contributed by atoms with Crippen molar-refractivity contribution >= 4 is 0 Å². The maximum Gasteiger partial charge on any atom is 0.200 e. The summed E-state index contributed by atoms with van der Waals surface area (Å²) in [6, 6.07) is 6.92. The number of aromatic hydroxyl groups is 8. The van der Waals surface area contributed by atoms with Crippen LogP contribution in [0.1, 0.15) is 22.8 Å². The molecule has 4 rings (SSSR count). The molecule has 1 aliphatic heterocycles. The summed E-state index contributed by atoms with van der Waals surface area (Å²) >= 11 is 0. The Kier molecular flexibility index (Phi) is 5.15. The van der Waals surface area contributed by atoms with Crippen molar-refractivity contribution in [2.45, 2.75) is 25.1 Å². The van der Waals surface area contributed by atoms with Crippen LogP contribution >= 0.6 is 0 Å². The molecule has 0 saturated heterocycles. The maximum atomic E-state index is 10.3. The first kappa shape index (κ1) is 21.1. The predicted molar refractivity (Wildman–Crippen MR) is 110 cm³/mol. The number of nitrogens with one attached hydrogen (secondary N) is 1. The summed E-state index contributed by atoms with van der Waals surface area (Å²) in [6.07, 6.45) is -0.620. The summed E-state index contributed by atoms with van der Waals surface area (Å²) in [4.78, 5) is 0. The fourth-order valence-corrected chi connectivity index (χ4v) is 3.75. The lowest BCUT2D eigenvalue weighted by atomic mass is 9.91. The molecule has 168 valence electrons. The molecule has 0 unspecified atom stereocenters. The third kappa shape index (κ3) is 3.79. The van der Waals surface area contributed by atoms with E-state index < -0.39 is 46.6 Å². The number of hydrogen-bond donors (Lipinski definition) is 9. The molecular weight excluding hydrogens is 422 g/mol. The summed E-state index contributed by atoms with van der Waals surface area (Å²) in [5.41, 5.74) is 1.16. The van der Waals surface area contributed by atoms with E-state index in [4.69, 9.17) is 4.74 Å². The Hall–Kier alpha value is -4.18. The predicted octanol–water partition coefficient (Wildman–Crippen LogP) is 2.17. The van der Waals surface area contributed by atoms with Crippen molar-refractivity contribution in [2.24, 2.45) is 0 Å². The fourth-order valence-electron chi connectivity index (χ4n) is 3.75. The van der Waals surface area contributed by atoms with Gasteiger partial charge in [-0.15, -0.1) is 0 Å². The molecule has 0 amide bonds. The number of ether oxygens (including phenoxy) is 1. The molecule has 9 N–H and O–H groups in total. The Bertz CT molecular complexity index is 1150. The first-order valence-electron chi connectivity index (χ1n) is 9.57. The lowest BCUT2D eigenvalue weighted by Crippen LogP contribution is -2.41. The summed E-state index contributed by atoms with van der Waals surface area (Å²) in [5, 5.41) is 81.7. The van der Waals surface area contributed by atoms with Crippen LogP contribution in [0.2, 0.25) is 0 Å². The molecule has 0 bridgehead atoms. The highest BCUT2D eigenvalue weighted by atomic mass is 16.5. The minimum absolute atomic E-state index is 0.107. The van der Waals surface area contributed by atoms with Crippen molar-refractivity contribution in [3.8, 4) is 51.7 Å². The van der Waals surface area contributed by atoms with Crippen LogP contribution in [0.5, 0.6) is 51.7 Å². The van der Waals surface area contributed by atoms with Gasteiger partial charge < -0.3 is 50.9 Å². The molecular formula is C22H21NO9. The van der Waals surface area contributed by atoms with Gasteiger partial charge in [-0.05, 0) is 36.2 Å². The topological polar surface area (TPSA) is 183 Å². The van der Waals surface area contributed by atoms with Gasteiger partial charge in [0, 0.05) is 29.8 Å². The van der Waals surface area contributed by atoms with Crippen molar-refractivity contribution in [1.29, 1.82) is 0 Å². The second-order valence-corrected chi connectivity index (χ2v) is 7.56. The molecule has 0 saturated carbocycles. The van der Waals surface area contributed by atoms with Crippen LogP contribution < -0.4 is 10.1 Å². The summed E-state index contributed by atoms with van der Waals surface area (Å²) in [7, 11) is 0. The van der Waals surface area contributed by atoms with Crippen molar-refractivity contribution in [3.05, 3.63) is 53.1 Å². The number of phenols is 8. The Balaban J connectivity index is 1.70. The molecule has 1 aliphatic rings. The maximum absolute atomic E-state index is 10.3. The molecule has 3 aromatic rings. The Morgan fingerprint density at radius 3 is 1.88 bits per heavy atom. The first-order valence-corrected chi connectivity index (χ1v) is 9.57. The molecule has 10 nitrogen and oxygen atoms in total. The first-order chi connectivity index (χ1) is 15.1. The molecule has 2 atom stereocenters. The van der Waals surface area contributed by atoms with Gasteiger partial charge in [0.15, 0.2) is 34.5 Å². The highest BCUT2D eigenvalue weighted by Crippen LogP contribution is 2.45. The third-order valence-corrected chi connectivity index (χ3v) is 5.33. The Labute approximate surface area is 181 Å². The van der Waals surface area contributed by atoms with Crippen LogP contribution in [-0.2, 0) is 13.0 Å². The van der Waals surface area contributed by atoms with Gasteiger partial charge in [0.25, 0.3) is 0 Å². The smallest absolute Gasteiger partial charge is 0.200 e. The van der Waals surface area contributed by atoms with Crippen LogP contribution in [0.3, 0.4) is 0 Å². The van der Waals surface area contributed by atoms with Crippen molar-refractivity contribution in [3.63, 3.8) is 0 Å². The molecule has 0 aromatic heterocycles. The van der Waals surface area contributed by atoms with E-state index in [2.05, 4.69) is 5.32 Å². The molecule has 0 aliphatic carbocycles. The molecule has 10 heteroatoms. The highest BCUT2D eigenvalue weighted by molar-refractivity contribution is 5.55. The van der Waals surface area contributed by atoms with Gasteiger partial charge in [-0.2, -0.15) is 0 Å². The van der Waals surface area contributed by atoms with E-state index in [-0.39, 0.29) is 30.2 Å². The zero-order chi connectivity index (χ0) is 23.2. The van der Waals surface area contributed by atoms with Gasteiger partial charge in [-0.1, -0.05) is 0 Å². The van der Waals surface area contributed by atoms with E-state index in [0.29, 0.717) is 16.7 Å². The van der Waals surface area contributed by atoms with Gasteiger partial charge in [-0.3, -0.25) is 0 Å². The Morgan fingerprint density at radius 2 is 1.28 bits per heavy atom. The van der Waals surface area contributed by atoms with Gasteiger partial charge in [0.1, 0.15) is 23.4 Å². The number of hydrogen-bond acceptors (Lipinski definition) is 10. The SMILES string of the molecule is Oc1cc(O)c2c(c1)O[C@H](c1cc(O)c(O)c(O)c1)[C@H](NCc1cc(O)c(O)c(O)c1)C2. The lowest BCUT2D eigenvalue weighted by molar-refractivity contribution is 0.130. The third-order valence-electron chi connectivity index (χ3n) is 5.33. The van der Waals surface area contributed by atoms with E-state index in [9.17, 15) is 40.9 Å². The molecule has 3 aromatic carbocycles. The number of phenolic OH excluding ortho intramolecular Hbond substituents is 8. The minimum atomic E-state index is -0.833. The lowest BCUT2D eigenvalue weighted by Gasteiger charge is -2.35. The fraction of sp³-hybridized carbons (Fsp3) is 0.182. The van der Waals surface area contributed by atoms with Crippen molar-refractivity contribution in [1.82, 2.24) is 5.32 Å². The monoisotopic (exact) mass is 443 g/mol. The van der Waals surface area contributed by atoms with Crippen LogP contribution in [-0.4, -0.2) is 46.9 Å². The highest BCUT2D eigenvalue weighted by Gasteiger charge is 2.34. The standard InChI is InChI=1S/C22H21NO9/c24-11-5-14(25)12-7-13(23-8-9-1-15(26)20(30)16(27)2-9)22(32-19(12)6-11)10-3-17(28)21(31)18(29)4-10/h1-6,13,22-31H,7-8H2/t13-,22-/m1/s1. The quantitative estimate of drug-likeness (QED) is 0.271. The van der Waals surface area contributed by atoms with E-state index in [0.717, 1.165) is 0 Å². The van der Waals surface area contributed by atoms with Gasteiger partial charge in [-0.25, -0.2) is 0 Å². The van der Waals surface area contributed by atoms with Crippen LogP contribution in [0, 0.1) is 0 Å². The van der Waals surface area contributed by atoms with Crippen LogP contribution in [0.25, 0.3) is 0 Å². The van der Waals surface area contributed by atoms with Crippen molar-refractivity contribution < 1.29 is 45.6 Å². The number of benzene rings is 3. The Morgan fingerprint density at radius 1 is 0.719 bits per heavy atom. The molecule has 1 heterocycles. The van der Waals surface area contributed by atoms with Crippen molar-refractivity contribution in [2.75, 3.05) is 0 Å². The average molecular weight is 443 g/mol. The minimum Gasteiger partial charge on any atom is -0.508 e. The van der Waals surface area contributed by atoms with Crippen LogP contribution in [0.4, 0.5) is 0 Å². The average Bonchev–Trinajstić information content (AvgIpc) is 2.73. The summed E-state index contributed by atoms with van der Waals surface area (Å²) in [6.45, 7) is 0.107. The van der Waals surface area contributed by atoms with E-state index >= 15 is 0 Å². The van der Waals surface area contributed by atoms with E-state index in [1.165, 1.54) is 36.4 Å². The molecule has 32 heavy (non-hydrogen) atoms.